The lowest BCUT2D eigenvalue weighted by Gasteiger charge is -2.15. The average Bonchev–Trinajstić information content (AvgIpc) is 2.96. The zero-order chi connectivity index (χ0) is 14.2. The van der Waals surface area contributed by atoms with Crippen molar-refractivity contribution < 1.29 is 9.47 Å². The fourth-order valence-electron chi connectivity index (χ4n) is 2.61. The summed E-state index contributed by atoms with van der Waals surface area (Å²) in [5.41, 5.74) is 1.12. The molecule has 3 nitrogen and oxygen atoms in total. The molecule has 1 aromatic rings. The van der Waals surface area contributed by atoms with Gasteiger partial charge in [-0.1, -0.05) is 24.4 Å². The SMILES string of the molecule is COCCNCc1cc(Cl)ccc1OCC1CCCC1. The minimum Gasteiger partial charge on any atom is -0.493 e. The van der Waals surface area contributed by atoms with E-state index in [0.29, 0.717) is 6.61 Å². The Labute approximate surface area is 126 Å². The summed E-state index contributed by atoms with van der Waals surface area (Å²) in [6.45, 7) is 3.11. The maximum absolute atomic E-state index is 6.08. The van der Waals surface area contributed by atoms with E-state index in [9.17, 15) is 0 Å². The maximum atomic E-state index is 6.08. The van der Waals surface area contributed by atoms with Crippen LogP contribution in [0.15, 0.2) is 18.2 Å². The lowest BCUT2D eigenvalue weighted by Crippen LogP contribution is -2.19. The third kappa shape index (κ3) is 4.97. The van der Waals surface area contributed by atoms with Crippen LogP contribution in [0.5, 0.6) is 5.75 Å². The predicted octanol–water partition coefficient (Wildman–Crippen LogP) is 3.65. The number of halogens is 1. The van der Waals surface area contributed by atoms with E-state index in [-0.39, 0.29) is 0 Å². The van der Waals surface area contributed by atoms with Gasteiger partial charge in [-0.25, -0.2) is 0 Å². The summed E-state index contributed by atoms with van der Waals surface area (Å²) in [7, 11) is 1.71. The Morgan fingerprint density at radius 3 is 2.85 bits per heavy atom. The minimum atomic E-state index is 0.707. The van der Waals surface area contributed by atoms with Gasteiger partial charge in [0.2, 0.25) is 0 Å². The van der Waals surface area contributed by atoms with Crippen molar-refractivity contribution in [2.45, 2.75) is 32.2 Å². The number of methoxy groups -OCH3 is 1. The van der Waals surface area contributed by atoms with Gasteiger partial charge < -0.3 is 14.8 Å². The molecule has 1 aliphatic carbocycles. The first-order chi connectivity index (χ1) is 9.79. The van der Waals surface area contributed by atoms with Crippen LogP contribution in [0.1, 0.15) is 31.2 Å². The summed E-state index contributed by atoms with van der Waals surface area (Å²) in [6, 6.07) is 5.85. The molecule has 1 fully saturated rings. The molecule has 0 aliphatic heterocycles. The molecule has 0 aromatic heterocycles. The Balaban J connectivity index is 1.88. The smallest absolute Gasteiger partial charge is 0.123 e. The van der Waals surface area contributed by atoms with Crippen LogP contribution in [0.25, 0.3) is 0 Å². The van der Waals surface area contributed by atoms with E-state index in [4.69, 9.17) is 21.1 Å². The third-order valence-electron chi connectivity index (χ3n) is 3.77. The molecule has 1 aliphatic rings. The number of hydrogen-bond donors (Lipinski definition) is 1. The van der Waals surface area contributed by atoms with Crippen LogP contribution in [-0.2, 0) is 11.3 Å². The molecule has 1 N–H and O–H groups in total. The third-order valence-corrected chi connectivity index (χ3v) is 4.01. The molecule has 0 spiro atoms. The Morgan fingerprint density at radius 1 is 1.30 bits per heavy atom. The largest absolute Gasteiger partial charge is 0.493 e. The number of nitrogens with one attached hydrogen (secondary N) is 1. The maximum Gasteiger partial charge on any atom is 0.123 e. The summed E-state index contributed by atoms with van der Waals surface area (Å²) in [5, 5.41) is 4.09. The lowest BCUT2D eigenvalue weighted by atomic mass is 10.1. The second kappa shape index (κ2) is 8.50. The number of hydrogen-bond acceptors (Lipinski definition) is 3. The van der Waals surface area contributed by atoms with E-state index < -0.39 is 0 Å². The molecular formula is C16H24ClNO2. The van der Waals surface area contributed by atoms with Crippen molar-refractivity contribution in [3.05, 3.63) is 28.8 Å². The molecule has 1 saturated carbocycles. The van der Waals surface area contributed by atoms with Crippen LogP contribution in [0.2, 0.25) is 5.02 Å². The van der Waals surface area contributed by atoms with Gasteiger partial charge >= 0.3 is 0 Å². The van der Waals surface area contributed by atoms with Crippen molar-refractivity contribution >= 4 is 11.6 Å². The summed E-state index contributed by atoms with van der Waals surface area (Å²) < 4.78 is 11.0. The van der Waals surface area contributed by atoms with Crippen molar-refractivity contribution in [2.75, 3.05) is 26.9 Å². The van der Waals surface area contributed by atoms with Gasteiger partial charge in [0.25, 0.3) is 0 Å². The molecule has 1 aromatic carbocycles. The van der Waals surface area contributed by atoms with E-state index in [1.54, 1.807) is 7.11 Å². The van der Waals surface area contributed by atoms with Gasteiger partial charge in [-0.15, -0.1) is 0 Å². The molecule has 0 unspecified atom stereocenters. The van der Waals surface area contributed by atoms with Crippen LogP contribution < -0.4 is 10.1 Å². The van der Waals surface area contributed by atoms with E-state index in [1.807, 2.05) is 18.2 Å². The highest BCUT2D eigenvalue weighted by Gasteiger charge is 2.16. The molecule has 2 rings (SSSR count). The fraction of sp³-hybridized carbons (Fsp3) is 0.625. The van der Waals surface area contributed by atoms with Gasteiger partial charge in [0, 0.05) is 30.8 Å². The Kier molecular flexibility index (Phi) is 6.64. The van der Waals surface area contributed by atoms with E-state index in [1.165, 1.54) is 25.7 Å². The summed E-state index contributed by atoms with van der Waals surface area (Å²) in [5.74, 6) is 1.67. The molecular weight excluding hydrogens is 274 g/mol. The van der Waals surface area contributed by atoms with Gasteiger partial charge in [0.05, 0.1) is 13.2 Å². The summed E-state index contributed by atoms with van der Waals surface area (Å²) >= 11 is 6.08. The van der Waals surface area contributed by atoms with E-state index in [2.05, 4.69) is 5.32 Å². The number of rotatable bonds is 8. The summed E-state index contributed by atoms with van der Waals surface area (Å²) in [6.07, 6.45) is 5.30. The topological polar surface area (TPSA) is 30.5 Å². The predicted molar refractivity (Wildman–Crippen MR) is 82.5 cm³/mol. The van der Waals surface area contributed by atoms with Gasteiger partial charge in [-0.3, -0.25) is 0 Å². The standard InChI is InChI=1S/C16H24ClNO2/c1-19-9-8-18-11-14-10-15(17)6-7-16(14)20-12-13-4-2-3-5-13/h6-7,10,13,18H,2-5,8-9,11-12H2,1H3. The molecule has 0 saturated heterocycles. The van der Waals surface area contributed by atoms with Crippen LogP contribution in [-0.4, -0.2) is 26.9 Å². The monoisotopic (exact) mass is 297 g/mol. The first-order valence-corrected chi connectivity index (χ1v) is 7.78. The van der Waals surface area contributed by atoms with Crippen LogP contribution >= 0.6 is 11.6 Å². The highest BCUT2D eigenvalue weighted by atomic mass is 35.5. The van der Waals surface area contributed by atoms with Gasteiger partial charge in [0.1, 0.15) is 5.75 Å². The fourth-order valence-corrected chi connectivity index (χ4v) is 2.80. The molecule has 0 bridgehead atoms. The zero-order valence-electron chi connectivity index (χ0n) is 12.2. The van der Waals surface area contributed by atoms with Crippen molar-refractivity contribution in [1.82, 2.24) is 5.32 Å². The van der Waals surface area contributed by atoms with E-state index >= 15 is 0 Å². The Hall–Kier alpha value is -0.770. The Bertz CT molecular complexity index is 405. The quantitative estimate of drug-likeness (QED) is 0.743. The molecule has 4 heteroatoms. The van der Waals surface area contributed by atoms with E-state index in [0.717, 1.165) is 41.9 Å². The Morgan fingerprint density at radius 2 is 2.10 bits per heavy atom. The van der Waals surface area contributed by atoms with Gasteiger partial charge in [-0.05, 0) is 37.0 Å². The van der Waals surface area contributed by atoms with Crippen LogP contribution in [0.3, 0.4) is 0 Å². The lowest BCUT2D eigenvalue weighted by molar-refractivity contribution is 0.198. The molecule has 0 atom stereocenters. The van der Waals surface area contributed by atoms with Crippen molar-refractivity contribution in [2.24, 2.45) is 5.92 Å². The number of ether oxygens (including phenoxy) is 2. The molecule has 112 valence electrons. The van der Waals surface area contributed by atoms with Crippen molar-refractivity contribution in [3.63, 3.8) is 0 Å². The first-order valence-electron chi connectivity index (χ1n) is 7.40. The second-order valence-corrected chi connectivity index (χ2v) is 5.82. The average molecular weight is 298 g/mol. The van der Waals surface area contributed by atoms with Gasteiger partial charge in [0.15, 0.2) is 0 Å². The minimum absolute atomic E-state index is 0.707. The van der Waals surface area contributed by atoms with Crippen molar-refractivity contribution in [3.8, 4) is 5.75 Å². The second-order valence-electron chi connectivity index (χ2n) is 5.38. The molecule has 0 radical (unpaired) electrons. The first kappa shape index (κ1) is 15.6. The summed E-state index contributed by atoms with van der Waals surface area (Å²) in [4.78, 5) is 0. The molecule has 20 heavy (non-hydrogen) atoms. The van der Waals surface area contributed by atoms with Crippen LogP contribution in [0, 0.1) is 5.92 Å². The van der Waals surface area contributed by atoms with Gasteiger partial charge in [-0.2, -0.15) is 0 Å². The highest BCUT2D eigenvalue weighted by molar-refractivity contribution is 6.30. The van der Waals surface area contributed by atoms with Crippen LogP contribution in [0.4, 0.5) is 0 Å². The highest BCUT2D eigenvalue weighted by Crippen LogP contribution is 2.28. The normalized spacial score (nSPS) is 15.7. The molecule has 0 amide bonds. The zero-order valence-corrected chi connectivity index (χ0v) is 12.9. The molecule has 0 heterocycles. The number of benzene rings is 1. The van der Waals surface area contributed by atoms with Crippen molar-refractivity contribution in [1.29, 1.82) is 0 Å².